The minimum absolute atomic E-state index is 0.0268. The second-order valence-electron chi connectivity index (χ2n) is 4.98. The van der Waals surface area contributed by atoms with Gasteiger partial charge in [0.1, 0.15) is 0 Å². The van der Waals surface area contributed by atoms with Crippen LogP contribution in [0.1, 0.15) is 27.9 Å². The quantitative estimate of drug-likeness (QED) is 0.792. The van der Waals surface area contributed by atoms with Gasteiger partial charge in [-0.3, -0.25) is 4.79 Å². The van der Waals surface area contributed by atoms with Crippen LogP contribution in [0.2, 0.25) is 0 Å². The lowest BCUT2D eigenvalue weighted by Crippen LogP contribution is -2.24. The highest BCUT2D eigenvalue weighted by Gasteiger charge is 2.05. The number of ether oxygens (including phenoxy) is 1. The molecule has 2 rings (SSSR count). The van der Waals surface area contributed by atoms with Crippen molar-refractivity contribution in [1.82, 2.24) is 5.32 Å². The van der Waals surface area contributed by atoms with Crippen LogP contribution in [0.5, 0.6) is 0 Å². The molecule has 1 amide bonds. The molecule has 0 fully saturated rings. The molecule has 0 aliphatic carbocycles. The summed E-state index contributed by atoms with van der Waals surface area (Å²) in [5.74, 6) is -0.0268. The van der Waals surface area contributed by atoms with Crippen LogP contribution in [0.4, 0.5) is 0 Å². The SMILES string of the molecule is COCc1cccc(C(=O)NCCCc2ccccc2)c1. The second-order valence-corrected chi connectivity index (χ2v) is 4.98. The van der Waals surface area contributed by atoms with Crippen LogP contribution < -0.4 is 5.32 Å². The van der Waals surface area contributed by atoms with Gasteiger partial charge in [-0.2, -0.15) is 0 Å². The molecule has 3 nitrogen and oxygen atoms in total. The number of nitrogens with one attached hydrogen (secondary N) is 1. The van der Waals surface area contributed by atoms with Crippen molar-refractivity contribution in [2.75, 3.05) is 13.7 Å². The van der Waals surface area contributed by atoms with Gasteiger partial charge in [-0.05, 0) is 36.1 Å². The third-order valence-corrected chi connectivity index (χ3v) is 3.27. The number of aryl methyl sites for hydroxylation is 1. The molecule has 0 unspecified atom stereocenters. The molecule has 0 radical (unpaired) electrons. The number of amides is 1. The molecule has 0 spiro atoms. The standard InChI is InChI=1S/C18H21NO2/c1-21-14-16-9-5-11-17(13-16)18(20)19-12-6-10-15-7-3-2-4-8-15/h2-5,7-9,11,13H,6,10,12,14H2,1H3,(H,19,20). The summed E-state index contributed by atoms with van der Waals surface area (Å²) in [6.07, 6.45) is 1.92. The van der Waals surface area contributed by atoms with Gasteiger partial charge in [0.2, 0.25) is 0 Å². The van der Waals surface area contributed by atoms with Crippen LogP contribution in [0.3, 0.4) is 0 Å². The van der Waals surface area contributed by atoms with Gasteiger partial charge in [-0.25, -0.2) is 0 Å². The Labute approximate surface area is 126 Å². The van der Waals surface area contributed by atoms with E-state index in [4.69, 9.17) is 4.74 Å². The van der Waals surface area contributed by atoms with Crippen LogP contribution in [-0.2, 0) is 17.8 Å². The molecule has 0 aliphatic heterocycles. The van der Waals surface area contributed by atoms with E-state index in [0.29, 0.717) is 18.7 Å². The van der Waals surface area contributed by atoms with Crippen molar-refractivity contribution < 1.29 is 9.53 Å². The van der Waals surface area contributed by atoms with Crippen LogP contribution >= 0.6 is 0 Å². The summed E-state index contributed by atoms with van der Waals surface area (Å²) < 4.78 is 5.08. The van der Waals surface area contributed by atoms with Gasteiger partial charge >= 0.3 is 0 Å². The Bertz CT molecular complexity index is 566. The summed E-state index contributed by atoms with van der Waals surface area (Å²) >= 11 is 0. The number of carbonyl (C=O) groups excluding carboxylic acids is 1. The molecule has 1 N–H and O–H groups in total. The summed E-state index contributed by atoms with van der Waals surface area (Å²) in [7, 11) is 1.65. The highest BCUT2D eigenvalue weighted by molar-refractivity contribution is 5.94. The van der Waals surface area contributed by atoms with Crippen molar-refractivity contribution in [2.24, 2.45) is 0 Å². The van der Waals surface area contributed by atoms with E-state index in [1.165, 1.54) is 5.56 Å². The lowest BCUT2D eigenvalue weighted by atomic mass is 10.1. The van der Waals surface area contributed by atoms with Gasteiger partial charge < -0.3 is 10.1 Å². The van der Waals surface area contributed by atoms with E-state index in [1.54, 1.807) is 7.11 Å². The molecule has 0 aliphatic rings. The number of rotatable bonds is 7. The molecule has 0 bridgehead atoms. The molecule has 2 aromatic rings. The zero-order valence-electron chi connectivity index (χ0n) is 12.3. The molecule has 21 heavy (non-hydrogen) atoms. The fraction of sp³-hybridized carbons (Fsp3) is 0.278. The normalized spacial score (nSPS) is 10.3. The van der Waals surface area contributed by atoms with Crippen molar-refractivity contribution in [3.63, 3.8) is 0 Å². The molecular weight excluding hydrogens is 262 g/mol. The Morgan fingerprint density at radius 3 is 2.57 bits per heavy atom. The van der Waals surface area contributed by atoms with Gasteiger partial charge in [0, 0.05) is 19.2 Å². The minimum Gasteiger partial charge on any atom is -0.380 e. The van der Waals surface area contributed by atoms with Gasteiger partial charge in [0.05, 0.1) is 6.61 Å². The summed E-state index contributed by atoms with van der Waals surface area (Å²) in [6, 6.07) is 17.8. The molecule has 3 heteroatoms. The highest BCUT2D eigenvalue weighted by atomic mass is 16.5. The number of benzene rings is 2. The van der Waals surface area contributed by atoms with E-state index in [-0.39, 0.29) is 5.91 Å². The zero-order chi connectivity index (χ0) is 14.9. The third kappa shape index (κ3) is 5.04. The molecule has 0 atom stereocenters. The number of hydrogen-bond donors (Lipinski definition) is 1. The van der Waals surface area contributed by atoms with Crippen LogP contribution in [0.15, 0.2) is 54.6 Å². The van der Waals surface area contributed by atoms with E-state index in [0.717, 1.165) is 18.4 Å². The predicted octanol–water partition coefficient (Wildman–Crippen LogP) is 3.20. The maximum absolute atomic E-state index is 12.1. The Kier molecular flexibility index (Phi) is 5.98. The Balaban J connectivity index is 1.78. The molecule has 2 aromatic carbocycles. The first-order chi connectivity index (χ1) is 10.3. The Morgan fingerprint density at radius 2 is 1.81 bits per heavy atom. The monoisotopic (exact) mass is 283 g/mol. The van der Waals surface area contributed by atoms with Crippen LogP contribution in [0, 0.1) is 0 Å². The fourth-order valence-electron chi connectivity index (χ4n) is 2.21. The van der Waals surface area contributed by atoms with E-state index in [2.05, 4.69) is 17.4 Å². The number of carbonyl (C=O) groups is 1. The van der Waals surface area contributed by atoms with Crippen molar-refractivity contribution in [2.45, 2.75) is 19.4 Å². The molecule has 110 valence electrons. The van der Waals surface area contributed by atoms with Gasteiger partial charge in [0.15, 0.2) is 0 Å². The van der Waals surface area contributed by atoms with Crippen molar-refractivity contribution in [1.29, 1.82) is 0 Å². The van der Waals surface area contributed by atoms with Crippen molar-refractivity contribution in [3.05, 3.63) is 71.3 Å². The predicted molar refractivity (Wildman–Crippen MR) is 84.3 cm³/mol. The average Bonchev–Trinajstić information content (AvgIpc) is 2.53. The van der Waals surface area contributed by atoms with Gasteiger partial charge in [-0.15, -0.1) is 0 Å². The summed E-state index contributed by atoms with van der Waals surface area (Å²) in [4.78, 5) is 12.1. The highest BCUT2D eigenvalue weighted by Crippen LogP contribution is 2.07. The van der Waals surface area contributed by atoms with Gasteiger partial charge in [-0.1, -0.05) is 42.5 Å². The largest absolute Gasteiger partial charge is 0.380 e. The zero-order valence-corrected chi connectivity index (χ0v) is 12.3. The Hall–Kier alpha value is -2.13. The lowest BCUT2D eigenvalue weighted by Gasteiger charge is -2.07. The maximum atomic E-state index is 12.1. The molecule has 0 heterocycles. The molecule has 0 aromatic heterocycles. The summed E-state index contributed by atoms with van der Waals surface area (Å²) in [5.41, 5.74) is 2.99. The smallest absolute Gasteiger partial charge is 0.251 e. The van der Waals surface area contributed by atoms with E-state index < -0.39 is 0 Å². The first-order valence-electron chi connectivity index (χ1n) is 7.19. The lowest BCUT2D eigenvalue weighted by molar-refractivity contribution is 0.0953. The molecular formula is C18H21NO2. The first kappa shape index (κ1) is 15.3. The topological polar surface area (TPSA) is 38.3 Å². The minimum atomic E-state index is -0.0268. The summed E-state index contributed by atoms with van der Waals surface area (Å²) in [6.45, 7) is 1.21. The van der Waals surface area contributed by atoms with Crippen molar-refractivity contribution in [3.8, 4) is 0 Å². The van der Waals surface area contributed by atoms with Crippen molar-refractivity contribution >= 4 is 5.91 Å². The molecule has 0 saturated heterocycles. The maximum Gasteiger partial charge on any atom is 0.251 e. The fourth-order valence-corrected chi connectivity index (χ4v) is 2.21. The Morgan fingerprint density at radius 1 is 1.05 bits per heavy atom. The number of hydrogen-bond acceptors (Lipinski definition) is 2. The van der Waals surface area contributed by atoms with E-state index >= 15 is 0 Å². The third-order valence-electron chi connectivity index (χ3n) is 3.27. The van der Waals surface area contributed by atoms with E-state index in [9.17, 15) is 4.79 Å². The van der Waals surface area contributed by atoms with Gasteiger partial charge in [0.25, 0.3) is 5.91 Å². The van der Waals surface area contributed by atoms with Crippen LogP contribution in [0.25, 0.3) is 0 Å². The second kappa shape index (κ2) is 8.22. The molecule has 0 saturated carbocycles. The average molecular weight is 283 g/mol. The summed E-state index contributed by atoms with van der Waals surface area (Å²) in [5, 5.41) is 2.96. The van der Waals surface area contributed by atoms with E-state index in [1.807, 2.05) is 42.5 Å². The van der Waals surface area contributed by atoms with Crippen LogP contribution in [-0.4, -0.2) is 19.6 Å². The first-order valence-corrected chi connectivity index (χ1v) is 7.19. The number of methoxy groups -OCH3 is 1.